The normalized spacial score (nSPS) is 9.68. The molecule has 0 saturated heterocycles. The van der Waals surface area contributed by atoms with E-state index in [0.717, 1.165) is 22.5 Å². The lowest BCUT2D eigenvalue weighted by Crippen LogP contribution is -1.91. The number of nitrogens with two attached hydrogens (primary N) is 2. The molecule has 0 spiro atoms. The molecule has 0 aliphatic rings. The molecule has 0 fully saturated rings. The van der Waals surface area contributed by atoms with Gasteiger partial charge >= 0.3 is 0 Å². The van der Waals surface area contributed by atoms with E-state index in [0.29, 0.717) is 0 Å². The van der Waals surface area contributed by atoms with E-state index in [9.17, 15) is 0 Å². The highest BCUT2D eigenvalue weighted by Crippen LogP contribution is 2.25. The minimum Gasteiger partial charge on any atom is -0.399 e. The molecule has 5 N–H and O–H groups in total. The molecule has 2 aromatic rings. The number of hydrogen-bond donors (Lipinski definition) is 3. The van der Waals surface area contributed by atoms with Gasteiger partial charge in [-0.1, -0.05) is 12.1 Å². The van der Waals surface area contributed by atoms with E-state index in [-0.39, 0.29) is 6.61 Å². The molecule has 19 heavy (non-hydrogen) atoms. The lowest BCUT2D eigenvalue weighted by molar-refractivity contribution is 0.318. The van der Waals surface area contributed by atoms with Crippen LogP contribution in [0.15, 0.2) is 36.4 Å². The number of anilines is 2. The maximum absolute atomic E-state index is 7.57. The molecule has 2 rings (SSSR count). The molecule has 2 aromatic carbocycles. The lowest BCUT2D eigenvalue weighted by atomic mass is 10.0. The van der Waals surface area contributed by atoms with Gasteiger partial charge in [-0.3, -0.25) is 0 Å². The van der Waals surface area contributed by atoms with Crippen LogP contribution in [0.5, 0.6) is 0 Å². The van der Waals surface area contributed by atoms with Crippen LogP contribution in [0.3, 0.4) is 0 Å². The van der Waals surface area contributed by atoms with Gasteiger partial charge in [0.15, 0.2) is 0 Å². The van der Waals surface area contributed by atoms with E-state index in [1.54, 1.807) is 6.92 Å². The molecule has 0 atom stereocenters. The average Bonchev–Trinajstić information content (AvgIpc) is 2.37. The first kappa shape index (κ1) is 15.1. The van der Waals surface area contributed by atoms with Crippen LogP contribution in [0, 0.1) is 13.8 Å². The zero-order valence-corrected chi connectivity index (χ0v) is 11.8. The summed E-state index contributed by atoms with van der Waals surface area (Å²) in [6, 6.07) is 12.1. The fourth-order valence-corrected chi connectivity index (χ4v) is 1.71. The molecule has 0 amide bonds. The first-order chi connectivity index (χ1) is 8.99. The van der Waals surface area contributed by atoms with Crippen LogP contribution in [0.4, 0.5) is 11.4 Å². The lowest BCUT2D eigenvalue weighted by Gasteiger charge is -2.07. The summed E-state index contributed by atoms with van der Waals surface area (Å²) in [5, 5.41) is 7.57. The van der Waals surface area contributed by atoms with Crippen molar-refractivity contribution < 1.29 is 5.11 Å². The second-order valence-electron chi connectivity index (χ2n) is 4.46. The Labute approximate surface area is 114 Å². The number of hydrogen-bond acceptors (Lipinski definition) is 3. The summed E-state index contributed by atoms with van der Waals surface area (Å²) < 4.78 is 0. The van der Waals surface area contributed by atoms with Crippen LogP contribution in [0.1, 0.15) is 18.1 Å². The van der Waals surface area contributed by atoms with Crippen molar-refractivity contribution in [1.82, 2.24) is 0 Å². The Bertz CT molecular complexity index is 501. The average molecular weight is 258 g/mol. The summed E-state index contributed by atoms with van der Waals surface area (Å²) in [6.45, 7) is 5.96. The first-order valence-electron chi connectivity index (χ1n) is 6.33. The number of aliphatic hydroxyl groups is 1. The predicted molar refractivity (Wildman–Crippen MR) is 82.9 cm³/mol. The number of benzene rings is 2. The molecule has 102 valence electrons. The number of nitrogen functional groups attached to an aromatic ring is 2. The maximum atomic E-state index is 7.57. The van der Waals surface area contributed by atoms with Gasteiger partial charge in [0.2, 0.25) is 0 Å². The van der Waals surface area contributed by atoms with Crippen LogP contribution in [0.25, 0.3) is 11.1 Å². The van der Waals surface area contributed by atoms with Gasteiger partial charge in [0.05, 0.1) is 0 Å². The predicted octanol–water partition coefficient (Wildman–Crippen LogP) is 3.13. The number of aliphatic hydroxyl groups excluding tert-OH is 1. The second kappa shape index (κ2) is 6.81. The van der Waals surface area contributed by atoms with E-state index >= 15 is 0 Å². The van der Waals surface area contributed by atoms with Gasteiger partial charge in [0, 0.05) is 18.0 Å². The van der Waals surface area contributed by atoms with Crippen molar-refractivity contribution in [2.75, 3.05) is 18.1 Å². The minimum atomic E-state index is 0.250. The molecule has 0 unspecified atom stereocenters. The summed E-state index contributed by atoms with van der Waals surface area (Å²) >= 11 is 0. The molecular formula is C16H22N2O. The van der Waals surface area contributed by atoms with Gasteiger partial charge in [0.1, 0.15) is 0 Å². The first-order valence-corrected chi connectivity index (χ1v) is 6.33. The number of aryl methyl sites for hydroxylation is 2. The Morgan fingerprint density at radius 1 is 0.842 bits per heavy atom. The van der Waals surface area contributed by atoms with Crippen molar-refractivity contribution >= 4 is 11.4 Å². The molecule has 0 aromatic heterocycles. The van der Waals surface area contributed by atoms with E-state index in [2.05, 4.69) is 12.1 Å². The van der Waals surface area contributed by atoms with E-state index < -0.39 is 0 Å². The second-order valence-corrected chi connectivity index (χ2v) is 4.46. The van der Waals surface area contributed by atoms with Gasteiger partial charge in [-0.25, -0.2) is 0 Å². The van der Waals surface area contributed by atoms with E-state index in [1.807, 2.05) is 38.1 Å². The highest BCUT2D eigenvalue weighted by atomic mass is 16.2. The van der Waals surface area contributed by atoms with Crippen LogP contribution >= 0.6 is 0 Å². The minimum absolute atomic E-state index is 0.250. The van der Waals surface area contributed by atoms with Crippen molar-refractivity contribution in [1.29, 1.82) is 0 Å². The highest BCUT2D eigenvalue weighted by molar-refractivity contribution is 5.70. The molecule has 0 saturated carbocycles. The highest BCUT2D eigenvalue weighted by Gasteiger charge is 2.01. The summed E-state index contributed by atoms with van der Waals surface area (Å²) in [7, 11) is 0. The number of rotatable bonds is 1. The largest absolute Gasteiger partial charge is 0.399 e. The monoisotopic (exact) mass is 258 g/mol. The van der Waals surface area contributed by atoms with Gasteiger partial charge < -0.3 is 16.6 Å². The molecule has 0 radical (unpaired) electrons. The summed E-state index contributed by atoms with van der Waals surface area (Å²) in [6.07, 6.45) is 0. The van der Waals surface area contributed by atoms with Crippen LogP contribution in [0.2, 0.25) is 0 Å². The fraction of sp³-hybridized carbons (Fsp3) is 0.250. The molecule has 0 heterocycles. The molecule has 3 heteroatoms. The molecular weight excluding hydrogens is 236 g/mol. The Morgan fingerprint density at radius 3 is 1.42 bits per heavy atom. The standard InChI is InChI=1S/C14H16N2.C2H6O/c1-9-7-11(3-5-13(9)15)12-4-6-14(16)10(2)8-12;1-2-3/h3-8H,15-16H2,1-2H3;3H,2H2,1H3. The Hall–Kier alpha value is -2.00. The van der Waals surface area contributed by atoms with E-state index in [4.69, 9.17) is 16.6 Å². The Balaban J connectivity index is 0.000000550. The molecule has 0 bridgehead atoms. The third-order valence-electron chi connectivity index (χ3n) is 2.87. The van der Waals surface area contributed by atoms with Crippen molar-refractivity contribution in [2.24, 2.45) is 0 Å². The van der Waals surface area contributed by atoms with Crippen LogP contribution in [-0.4, -0.2) is 11.7 Å². The third kappa shape index (κ3) is 4.00. The van der Waals surface area contributed by atoms with Gasteiger partial charge in [-0.05, 0) is 67.3 Å². The summed E-state index contributed by atoms with van der Waals surface area (Å²) in [4.78, 5) is 0. The zero-order valence-electron chi connectivity index (χ0n) is 11.8. The van der Waals surface area contributed by atoms with Crippen molar-refractivity contribution in [2.45, 2.75) is 20.8 Å². The molecule has 0 aliphatic carbocycles. The quantitative estimate of drug-likeness (QED) is 0.688. The SMILES string of the molecule is CCO.Cc1cc(-c2ccc(N)c(C)c2)ccc1N. The van der Waals surface area contributed by atoms with Crippen molar-refractivity contribution in [3.05, 3.63) is 47.5 Å². The smallest absolute Gasteiger partial charge is 0.0402 e. The fourth-order valence-electron chi connectivity index (χ4n) is 1.71. The van der Waals surface area contributed by atoms with Crippen molar-refractivity contribution in [3.8, 4) is 11.1 Å². The topological polar surface area (TPSA) is 72.3 Å². The molecule has 0 aliphatic heterocycles. The Kier molecular flexibility index (Phi) is 5.39. The summed E-state index contributed by atoms with van der Waals surface area (Å²) in [5.41, 5.74) is 17.8. The Morgan fingerprint density at radius 2 is 1.16 bits per heavy atom. The molecule has 3 nitrogen and oxygen atoms in total. The van der Waals surface area contributed by atoms with Gasteiger partial charge in [-0.2, -0.15) is 0 Å². The van der Waals surface area contributed by atoms with Gasteiger partial charge in [-0.15, -0.1) is 0 Å². The zero-order chi connectivity index (χ0) is 14.4. The maximum Gasteiger partial charge on any atom is 0.0402 e. The van der Waals surface area contributed by atoms with E-state index in [1.165, 1.54) is 11.1 Å². The van der Waals surface area contributed by atoms with Crippen LogP contribution < -0.4 is 11.5 Å². The van der Waals surface area contributed by atoms with Crippen LogP contribution in [-0.2, 0) is 0 Å². The third-order valence-corrected chi connectivity index (χ3v) is 2.87. The van der Waals surface area contributed by atoms with Crippen molar-refractivity contribution in [3.63, 3.8) is 0 Å². The van der Waals surface area contributed by atoms with Gasteiger partial charge in [0.25, 0.3) is 0 Å². The summed E-state index contributed by atoms with van der Waals surface area (Å²) in [5.74, 6) is 0.